The third-order valence-corrected chi connectivity index (χ3v) is 2.51. The second-order valence-corrected chi connectivity index (χ2v) is 3.65. The first-order valence-electron chi connectivity index (χ1n) is 5.08. The molecule has 0 aliphatic rings. The van der Waals surface area contributed by atoms with Crippen molar-refractivity contribution < 1.29 is 9.90 Å². The lowest BCUT2D eigenvalue weighted by Gasteiger charge is -2.04. The number of carbonyl (C=O) groups is 1. The monoisotopic (exact) mass is 212 g/mol. The molecule has 0 aromatic heterocycles. The van der Waals surface area contributed by atoms with Crippen molar-refractivity contribution in [2.24, 2.45) is 0 Å². The van der Waals surface area contributed by atoms with Crippen LogP contribution in [0, 0.1) is 0 Å². The van der Waals surface area contributed by atoms with Crippen LogP contribution in [0.15, 0.2) is 48.5 Å². The van der Waals surface area contributed by atoms with Gasteiger partial charge in [0.2, 0.25) is 0 Å². The van der Waals surface area contributed by atoms with Gasteiger partial charge >= 0.3 is 0 Å². The highest BCUT2D eigenvalue weighted by molar-refractivity contribution is 5.94. The molecule has 2 nitrogen and oxygen atoms in total. The van der Waals surface area contributed by atoms with Gasteiger partial charge in [-0.1, -0.05) is 42.5 Å². The lowest BCUT2D eigenvalue weighted by Crippen LogP contribution is -1.90. The van der Waals surface area contributed by atoms with Crippen LogP contribution in [-0.4, -0.2) is 10.9 Å². The predicted molar refractivity (Wildman–Crippen MR) is 63.5 cm³/mol. The van der Waals surface area contributed by atoms with Gasteiger partial charge in [0.1, 0.15) is 5.75 Å². The Morgan fingerprint density at radius 2 is 1.62 bits per heavy atom. The Balaban J connectivity index is 2.43. The molecule has 1 N–H and O–H groups in total. The first kappa shape index (κ1) is 10.4. The Morgan fingerprint density at radius 3 is 2.19 bits per heavy atom. The second kappa shape index (κ2) is 4.19. The van der Waals surface area contributed by atoms with E-state index in [4.69, 9.17) is 0 Å². The molecule has 2 heteroatoms. The van der Waals surface area contributed by atoms with Crippen molar-refractivity contribution >= 4 is 5.78 Å². The van der Waals surface area contributed by atoms with Crippen molar-refractivity contribution in [3.05, 3.63) is 54.1 Å². The van der Waals surface area contributed by atoms with Crippen molar-refractivity contribution in [1.82, 2.24) is 0 Å². The van der Waals surface area contributed by atoms with Gasteiger partial charge in [0.15, 0.2) is 5.78 Å². The Kier molecular flexibility index (Phi) is 2.73. The summed E-state index contributed by atoms with van der Waals surface area (Å²) in [5.41, 5.74) is 2.36. The van der Waals surface area contributed by atoms with Gasteiger partial charge in [-0.15, -0.1) is 0 Å². The zero-order valence-corrected chi connectivity index (χ0v) is 8.97. The first-order chi connectivity index (χ1) is 7.68. The molecule has 2 aromatic rings. The number of Topliss-reactive ketones (excluding diaryl/α,β-unsaturated/α-hetero) is 1. The van der Waals surface area contributed by atoms with Crippen molar-refractivity contribution in [1.29, 1.82) is 0 Å². The fourth-order valence-corrected chi connectivity index (χ4v) is 1.60. The molecule has 2 aromatic carbocycles. The van der Waals surface area contributed by atoms with E-state index >= 15 is 0 Å². The van der Waals surface area contributed by atoms with E-state index in [-0.39, 0.29) is 11.5 Å². The third-order valence-electron chi connectivity index (χ3n) is 2.51. The van der Waals surface area contributed by atoms with E-state index < -0.39 is 0 Å². The molecule has 0 unspecified atom stereocenters. The molecular formula is C14H12O2. The Morgan fingerprint density at radius 1 is 1.00 bits per heavy atom. The minimum absolute atomic E-state index is 0.0452. The summed E-state index contributed by atoms with van der Waals surface area (Å²) >= 11 is 0. The van der Waals surface area contributed by atoms with Crippen molar-refractivity contribution in [2.45, 2.75) is 6.92 Å². The lowest BCUT2D eigenvalue weighted by atomic mass is 10.0. The molecule has 0 saturated carbocycles. The van der Waals surface area contributed by atoms with E-state index in [9.17, 15) is 9.90 Å². The molecule has 0 atom stereocenters. The number of hydrogen-bond acceptors (Lipinski definition) is 2. The van der Waals surface area contributed by atoms with Crippen molar-refractivity contribution in [3.63, 3.8) is 0 Å². The summed E-state index contributed by atoms with van der Waals surface area (Å²) in [6.45, 7) is 1.54. The molecule has 0 saturated heterocycles. The molecule has 0 amide bonds. The van der Waals surface area contributed by atoms with E-state index in [0.717, 1.165) is 11.1 Å². The highest BCUT2D eigenvalue weighted by atomic mass is 16.3. The van der Waals surface area contributed by atoms with Gasteiger partial charge < -0.3 is 5.11 Å². The van der Waals surface area contributed by atoms with Gasteiger partial charge in [0.25, 0.3) is 0 Å². The van der Waals surface area contributed by atoms with Crippen LogP contribution < -0.4 is 0 Å². The number of rotatable bonds is 2. The Hall–Kier alpha value is -2.09. The number of aromatic hydroxyl groups is 1. The standard InChI is InChI=1S/C14H12O2/c1-10(15)11-6-8-12(9-7-11)13-4-2-3-5-14(13)16/h2-9,16H,1H3. The molecule has 2 rings (SSSR count). The van der Waals surface area contributed by atoms with E-state index in [1.807, 2.05) is 24.3 Å². The topological polar surface area (TPSA) is 37.3 Å². The van der Waals surface area contributed by atoms with E-state index in [0.29, 0.717) is 5.56 Å². The Labute approximate surface area is 94.2 Å². The van der Waals surface area contributed by atoms with Crippen LogP contribution in [0.25, 0.3) is 11.1 Å². The maximum absolute atomic E-state index is 11.1. The van der Waals surface area contributed by atoms with Gasteiger partial charge in [-0.3, -0.25) is 4.79 Å². The maximum Gasteiger partial charge on any atom is 0.159 e. The van der Waals surface area contributed by atoms with E-state index in [1.54, 1.807) is 24.3 Å². The van der Waals surface area contributed by atoms with Crippen molar-refractivity contribution in [3.8, 4) is 16.9 Å². The number of ketones is 1. The fourth-order valence-electron chi connectivity index (χ4n) is 1.60. The third kappa shape index (κ3) is 1.96. The zero-order chi connectivity index (χ0) is 11.5. The average Bonchev–Trinajstić information content (AvgIpc) is 2.30. The highest BCUT2D eigenvalue weighted by Gasteiger charge is 2.04. The summed E-state index contributed by atoms with van der Waals surface area (Å²) in [4.78, 5) is 11.1. The van der Waals surface area contributed by atoms with Crippen molar-refractivity contribution in [2.75, 3.05) is 0 Å². The molecule has 0 aliphatic heterocycles. The van der Waals surface area contributed by atoms with Crippen LogP contribution in [0.3, 0.4) is 0 Å². The molecule has 0 fully saturated rings. The fraction of sp³-hybridized carbons (Fsp3) is 0.0714. The van der Waals surface area contributed by atoms with E-state index in [2.05, 4.69) is 0 Å². The number of hydrogen-bond donors (Lipinski definition) is 1. The smallest absolute Gasteiger partial charge is 0.159 e. The van der Waals surface area contributed by atoms with Crippen LogP contribution in [-0.2, 0) is 0 Å². The lowest BCUT2D eigenvalue weighted by molar-refractivity contribution is 0.101. The molecule has 16 heavy (non-hydrogen) atoms. The minimum atomic E-state index is 0.0452. The molecule has 80 valence electrons. The minimum Gasteiger partial charge on any atom is -0.507 e. The molecule has 0 bridgehead atoms. The maximum atomic E-state index is 11.1. The summed E-state index contributed by atoms with van der Waals surface area (Å²) in [6.07, 6.45) is 0. The van der Waals surface area contributed by atoms with Crippen LogP contribution in [0.1, 0.15) is 17.3 Å². The number of benzene rings is 2. The molecule has 0 radical (unpaired) electrons. The predicted octanol–water partition coefficient (Wildman–Crippen LogP) is 3.26. The highest BCUT2D eigenvalue weighted by Crippen LogP contribution is 2.28. The largest absolute Gasteiger partial charge is 0.507 e. The zero-order valence-electron chi connectivity index (χ0n) is 8.97. The van der Waals surface area contributed by atoms with Crippen LogP contribution >= 0.6 is 0 Å². The quantitative estimate of drug-likeness (QED) is 0.776. The van der Waals surface area contributed by atoms with Gasteiger partial charge in [0.05, 0.1) is 0 Å². The number of phenolic OH excluding ortho intramolecular Hbond substituents is 1. The summed E-state index contributed by atoms with van der Waals surface area (Å²) < 4.78 is 0. The molecular weight excluding hydrogens is 200 g/mol. The number of para-hydroxylation sites is 1. The van der Waals surface area contributed by atoms with Crippen LogP contribution in [0.4, 0.5) is 0 Å². The van der Waals surface area contributed by atoms with Gasteiger partial charge in [-0.05, 0) is 18.6 Å². The molecule has 0 aliphatic carbocycles. The van der Waals surface area contributed by atoms with Gasteiger partial charge in [-0.25, -0.2) is 0 Å². The molecule has 0 spiro atoms. The van der Waals surface area contributed by atoms with Gasteiger partial charge in [-0.2, -0.15) is 0 Å². The first-order valence-corrected chi connectivity index (χ1v) is 5.08. The summed E-state index contributed by atoms with van der Waals surface area (Å²) in [5.74, 6) is 0.293. The number of carbonyl (C=O) groups excluding carboxylic acids is 1. The summed E-state index contributed by atoms with van der Waals surface area (Å²) in [5, 5.41) is 9.68. The average molecular weight is 212 g/mol. The Bertz CT molecular complexity index is 513. The van der Waals surface area contributed by atoms with Gasteiger partial charge in [0, 0.05) is 11.1 Å². The normalized spacial score (nSPS) is 10.1. The van der Waals surface area contributed by atoms with Crippen LogP contribution in [0.2, 0.25) is 0 Å². The van der Waals surface area contributed by atoms with E-state index in [1.165, 1.54) is 6.92 Å². The second-order valence-electron chi connectivity index (χ2n) is 3.65. The van der Waals surface area contributed by atoms with Crippen LogP contribution in [0.5, 0.6) is 5.75 Å². The summed E-state index contributed by atoms with van der Waals surface area (Å²) in [7, 11) is 0. The summed E-state index contributed by atoms with van der Waals surface area (Å²) in [6, 6.07) is 14.4. The SMILES string of the molecule is CC(=O)c1ccc(-c2ccccc2O)cc1. The number of phenols is 1. The molecule has 0 heterocycles.